The maximum absolute atomic E-state index is 11.6. The van der Waals surface area contributed by atoms with Crippen LogP contribution >= 0.6 is 11.8 Å². The zero-order valence-corrected chi connectivity index (χ0v) is 11.5. The van der Waals surface area contributed by atoms with E-state index in [-0.39, 0.29) is 5.91 Å². The second-order valence-corrected chi connectivity index (χ2v) is 4.95. The third kappa shape index (κ3) is 3.86. The Morgan fingerprint density at radius 1 is 1.45 bits per heavy atom. The Bertz CT molecular complexity index is 557. The number of benzene rings is 1. The highest BCUT2D eigenvalue weighted by atomic mass is 32.2. The number of carbonyl (C=O) groups excluding carboxylic acids is 2. The Labute approximate surface area is 120 Å². The van der Waals surface area contributed by atoms with Crippen molar-refractivity contribution in [3.63, 3.8) is 0 Å². The Hall–Kier alpha value is -2.28. The summed E-state index contributed by atoms with van der Waals surface area (Å²) in [5.74, 6) is -0.885. The molecule has 1 saturated heterocycles. The largest absolute Gasteiger partial charge is 0.466 e. The predicted molar refractivity (Wildman–Crippen MR) is 76.8 cm³/mol. The number of nitrogens with zero attached hydrogens (tertiary/aromatic N) is 1. The number of hydrogen-bond donors (Lipinski definition) is 2. The van der Waals surface area contributed by atoms with Crippen LogP contribution in [-0.4, -0.2) is 30.7 Å². The fourth-order valence-electron chi connectivity index (χ4n) is 1.44. The first-order valence-electron chi connectivity index (χ1n) is 5.80. The Morgan fingerprint density at radius 2 is 2.20 bits per heavy atom. The van der Waals surface area contributed by atoms with Crippen molar-refractivity contribution in [3.8, 4) is 0 Å². The van der Waals surface area contributed by atoms with Crippen LogP contribution in [0.15, 0.2) is 46.4 Å². The van der Waals surface area contributed by atoms with Gasteiger partial charge in [0.25, 0.3) is 5.91 Å². The van der Waals surface area contributed by atoms with E-state index in [2.05, 4.69) is 20.6 Å². The molecule has 0 spiro atoms. The lowest BCUT2D eigenvalue weighted by atomic mass is 10.2. The van der Waals surface area contributed by atoms with Crippen molar-refractivity contribution in [2.45, 2.75) is 5.50 Å². The minimum absolute atomic E-state index is 0.296. The van der Waals surface area contributed by atoms with Gasteiger partial charge in [0.15, 0.2) is 5.50 Å². The molecule has 2 rings (SSSR count). The van der Waals surface area contributed by atoms with Crippen LogP contribution in [0.25, 0.3) is 0 Å². The van der Waals surface area contributed by atoms with Crippen LogP contribution < -0.4 is 10.7 Å². The highest BCUT2D eigenvalue weighted by Gasteiger charge is 2.27. The SMILES string of the molecule is COC(=O)C=C1SC(NN=Cc2ccccc2)NC1=O. The third-order valence-corrected chi connectivity index (χ3v) is 3.40. The van der Waals surface area contributed by atoms with Gasteiger partial charge < -0.3 is 10.1 Å². The molecule has 1 heterocycles. The van der Waals surface area contributed by atoms with E-state index in [9.17, 15) is 9.59 Å². The van der Waals surface area contributed by atoms with Crippen molar-refractivity contribution >= 4 is 29.9 Å². The lowest BCUT2D eigenvalue weighted by Gasteiger charge is -2.06. The molecule has 20 heavy (non-hydrogen) atoms. The molecule has 0 aliphatic carbocycles. The molecule has 0 saturated carbocycles. The smallest absolute Gasteiger partial charge is 0.331 e. The molecule has 2 N–H and O–H groups in total. The first kappa shape index (κ1) is 14.1. The number of rotatable bonds is 4. The molecule has 1 unspecified atom stereocenters. The van der Waals surface area contributed by atoms with Crippen molar-refractivity contribution in [2.24, 2.45) is 5.10 Å². The molecule has 104 valence electrons. The number of hydrogen-bond acceptors (Lipinski definition) is 6. The van der Waals surface area contributed by atoms with Gasteiger partial charge in [0.1, 0.15) is 0 Å². The zero-order valence-electron chi connectivity index (χ0n) is 10.7. The predicted octanol–water partition coefficient (Wildman–Crippen LogP) is 0.814. The summed E-state index contributed by atoms with van der Waals surface area (Å²) >= 11 is 1.17. The Morgan fingerprint density at radius 3 is 2.90 bits per heavy atom. The quantitative estimate of drug-likeness (QED) is 0.371. The monoisotopic (exact) mass is 291 g/mol. The van der Waals surface area contributed by atoms with E-state index in [4.69, 9.17) is 0 Å². The molecular weight excluding hydrogens is 278 g/mol. The highest BCUT2D eigenvalue weighted by molar-refractivity contribution is 8.05. The molecule has 1 amide bonds. The summed E-state index contributed by atoms with van der Waals surface area (Å²) in [6.07, 6.45) is 2.80. The maximum Gasteiger partial charge on any atom is 0.331 e. The van der Waals surface area contributed by atoms with E-state index in [1.807, 2.05) is 30.3 Å². The molecular formula is C13H13N3O3S. The summed E-state index contributed by atoms with van der Waals surface area (Å²) in [6.45, 7) is 0. The second kappa shape index (κ2) is 6.76. The normalized spacial score (nSPS) is 20.1. The molecule has 1 aromatic carbocycles. The highest BCUT2D eigenvalue weighted by Crippen LogP contribution is 2.25. The summed E-state index contributed by atoms with van der Waals surface area (Å²) < 4.78 is 4.48. The molecule has 1 aromatic rings. The summed E-state index contributed by atoms with van der Waals surface area (Å²) in [5, 5.41) is 6.68. The molecule has 0 bridgehead atoms. The molecule has 6 nitrogen and oxygen atoms in total. The summed E-state index contributed by atoms with van der Waals surface area (Å²) in [5.41, 5.74) is 3.33. The van der Waals surface area contributed by atoms with Crippen LogP contribution in [0.5, 0.6) is 0 Å². The molecule has 1 aliphatic heterocycles. The van der Waals surface area contributed by atoms with Gasteiger partial charge >= 0.3 is 5.97 Å². The van der Waals surface area contributed by atoms with Crippen molar-refractivity contribution in [1.29, 1.82) is 0 Å². The molecule has 1 fully saturated rings. The van der Waals surface area contributed by atoms with Crippen molar-refractivity contribution in [3.05, 3.63) is 46.9 Å². The number of carbonyl (C=O) groups is 2. The number of hydrazone groups is 1. The molecule has 1 atom stereocenters. The van der Waals surface area contributed by atoms with E-state index < -0.39 is 11.5 Å². The fraction of sp³-hybridized carbons (Fsp3) is 0.154. The minimum Gasteiger partial charge on any atom is -0.466 e. The van der Waals surface area contributed by atoms with E-state index >= 15 is 0 Å². The van der Waals surface area contributed by atoms with Crippen LogP contribution in [0.2, 0.25) is 0 Å². The van der Waals surface area contributed by atoms with E-state index in [1.54, 1.807) is 6.21 Å². The van der Waals surface area contributed by atoms with Gasteiger partial charge in [-0.2, -0.15) is 5.10 Å². The number of ether oxygens (including phenoxy) is 1. The Kier molecular flexibility index (Phi) is 4.78. The van der Waals surface area contributed by atoms with Gasteiger partial charge in [-0.25, -0.2) is 4.79 Å². The first-order chi connectivity index (χ1) is 9.69. The average Bonchev–Trinajstić information content (AvgIpc) is 2.80. The van der Waals surface area contributed by atoms with E-state index in [0.29, 0.717) is 4.91 Å². The summed E-state index contributed by atoms with van der Waals surface area (Å²) in [7, 11) is 1.26. The van der Waals surface area contributed by atoms with Crippen LogP contribution in [-0.2, 0) is 14.3 Å². The second-order valence-electron chi connectivity index (χ2n) is 3.80. The van der Waals surface area contributed by atoms with Gasteiger partial charge in [0, 0.05) is 6.08 Å². The topological polar surface area (TPSA) is 79.8 Å². The number of amides is 1. The van der Waals surface area contributed by atoms with Gasteiger partial charge in [-0.3, -0.25) is 10.2 Å². The number of thioether (sulfide) groups is 1. The number of methoxy groups -OCH3 is 1. The maximum atomic E-state index is 11.6. The van der Waals surface area contributed by atoms with Gasteiger partial charge in [-0.05, 0) is 5.56 Å². The molecule has 7 heteroatoms. The Balaban J connectivity index is 1.90. The van der Waals surface area contributed by atoms with Crippen LogP contribution in [0, 0.1) is 0 Å². The number of esters is 1. The van der Waals surface area contributed by atoms with Crippen molar-refractivity contribution < 1.29 is 14.3 Å². The van der Waals surface area contributed by atoms with Crippen LogP contribution in [0.1, 0.15) is 5.56 Å². The standard InChI is InChI=1S/C13H13N3O3S/c1-19-11(17)7-10-12(18)15-13(20-10)16-14-8-9-5-3-2-4-6-9/h2-8,13,16H,1H3,(H,15,18). The van der Waals surface area contributed by atoms with Crippen LogP contribution in [0.4, 0.5) is 0 Å². The first-order valence-corrected chi connectivity index (χ1v) is 6.68. The molecule has 1 aliphatic rings. The fourth-order valence-corrected chi connectivity index (χ4v) is 2.31. The van der Waals surface area contributed by atoms with Gasteiger partial charge in [0.2, 0.25) is 0 Å². The molecule has 0 radical (unpaired) electrons. The van der Waals surface area contributed by atoms with Crippen molar-refractivity contribution in [2.75, 3.05) is 7.11 Å². The average molecular weight is 291 g/mol. The number of nitrogens with one attached hydrogen (secondary N) is 2. The lowest BCUT2D eigenvalue weighted by Crippen LogP contribution is -2.34. The van der Waals surface area contributed by atoms with Gasteiger partial charge in [-0.15, -0.1) is 0 Å². The van der Waals surface area contributed by atoms with E-state index in [0.717, 1.165) is 11.6 Å². The van der Waals surface area contributed by atoms with E-state index in [1.165, 1.54) is 18.9 Å². The summed E-state index contributed by atoms with van der Waals surface area (Å²) in [4.78, 5) is 22.9. The van der Waals surface area contributed by atoms with Gasteiger partial charge in [-0.1, -0.05) is 42.1 Å². The molecule has 0 aromatic heterocycles. The minimum atomic E-state index is -0.559. The lowest BCUT2D eigenvalue weighted by molar-refractivity contribution is -0.135. The zero-order chi connectivity index (χ0) is 14.4. The van der Waals surface area contributed by atoms with Crippen LogP contribution in [0.3, 0.4) is 0 Å². The van der Waals surface area contributed by atoms with Gasteiger partial charge in [0.05, 0.1) is 18.2 Å². The summed E-state index contributed by atoms with van der Waals surface area (Å²) in [6, 6.07) is 9.55. The van der Waals surface area contributed by atoms with Crippen molar-refractivity contribution in [1.82, 2.24) is 10.7 Å². The third-order valence-electron chi connectivity index (χ3n) is 2.39.